The maximum Gasteiger partial charge on any atom is 0.148 e. The molecular formula is C19H25Cl2N3O. The Morgan fingerprint density at radius 2 is 2.08 bits per heavy atom. The second-order valence-electron chi connectivity index (χ2n) is 6.66. The molecule has 136 valence electrons. The van der Waals surface area contributed by atoms with Gasteiger partial charge in [-0.1, -0.05) is 23.2 Å². The number of anilines is 1. The monoisotopic (exact) mass is 381 g/mol. The van der Waals surface area contributed by atoms with Crippen LogP contribution in [0.3, 0.4) is 0 Å². The number of aromatic nitrogens is 2. The van der Waals surface area contributed by atoms with E-state index in [1.807, 2.05) is 23.7 Å². The van der Waals surface area contributed by atoms with Crippen molar-refractivity contribution in [2.24, 2.45) is 5.92 Å². The second-order valence-corrected chi connectivity index (χ2v) is 7.47. The van der Waals surface area contributed by atoms with E-state index in [4.69, 9.17) is 27.9 Å². The Labute approximate surface area is 159 Å². The highest BCUT2D eigenvalue weighted by Crippen LogP contribution is 2.26. The third kappa shape index (κ3) is 5.13. The number of rotatable bonds is 6. The van der Waals surface area contributed by atoms with Gasteiger partial charge < -0.3 is 10.1 Å². The minimum absolute atomic E-state index is 0.538. The Hall–Kier alpha value is -1.23. The molecule has 1 fully saturated rings. The van der Waals surface area contributed by atoms with Crippen LogP contribution in [0.4, 0.5) is 5.82 Å². The van der Waals surface area contributed by atoms with Crippen molar-refractivity contribution in [2.75, 3.05) is 25.1 Å². The minimum atomic E-state index is 0.538. The van der Waals surface area contributed by atoms with E-state index in [0.29, 0.717) is 10.0 Å². The number of benzene rings is 1. The van der Waals surface area contributed by atoms with Gasteiger partial charge in [0.05, 0.1) is 15.7 Å². The smallest absolute Gasteiger partial charge is 0.148 e. The lowest BCUT2D eigenvalue weighted by Crippen LogP contribution is -2.07. The van der Waals surface area contributed by atoms with E-state index in [1.165, 1.54) is 25.7 Å². The fourth-order valence-corrected chi connectivity index (χ4v) is 3.60. The van der Waals surface area contributed by atoms with Gasteiger partial charge in [-0.2, -0.15) is 5.10 Å². The Kier molecular flexibility index (Phi) is 6.63. The molecule has 6 heteroatoms. The summed E-state index contributed by atoms with van der Waals surface area (Å²) in [5.41, 5.74) is 1.97. The third-order valence-electron chi connectivity index (χ3n) is 4.70. The topological polar surface area (TPSA) is 39.1 Å². The molecule has 2 aromatic rings. The van der Waals surface area contributed by atoms with Crippen molar-refractivity contribution in [2.45, 2.75) is 39.0 Å². The normalized spacial score (nSPS) is 18.1. The first-order chi connectivity index (χ1) is 12.1. The first-order valence-corrected chi connectivity index (χ1v) is 9.73. The van der Waals surface area contributed by atoms with Crippen LogP contribution in [0, 0.1) is 12.8 Å². The molecule has 3 rings (SSSR count). The van der Waals surface area contributed by atoms with Gasteiger partial charge in [-0.25, -0.2) is 4.68 Å². The summed E-state index contributed by atoms with van der Waals surface area (Å²) in [4.78, 5) is 0. The van der Waals surface area contributed by atoms with Gasteiger partial charge in [0.25, 0.3) is 0 Å². The first-order valence-electron chi connectivity index (χ1n) is 8.97. The van der Waals surface area contributed by atoms with Crippen LogP contribution in [0.5, 0.6) is 0 Å². The predicted octanol–water partition coefficient (Wildman–Crippen LogP) is 5.50. The number of nitrogens with zero attached hydrogens (tertiary/aromatic N) is 2. The Morgan fingerprint density at radius 1 is 1.20 bits per heavy atom. The molecule has 0 aliphatic carbocycles. The maximum absolute atomic E-state index is 6.11. The highest BCUT2D eigenvalue weighted by atomic mass is 35.5. The van der Waals surface area contributed by atoms with Crippen molar-refractivity contribution in [1.29, 1.82) is 0 Å². The highest BCUT2D eigenvalue weighted by molar-refractivity contribution is 6.42. The second kappa shape index (κ2) is 8.93. The van der Waals surface area contributed by atoms with Crippen molar-refractivity contribution in [3.63, 3.8) is 0 Å². The van der Waals surface area contributed by atoms with Crippen molar-refractivity contribution in [3.8, 4) is 5.69 Å². The molecule has 1 atom stereocenters. The minimum Gasteiger partial charge on any atom is -0.381 e. The Bertz CT molecular complexity index is 694. The summed E-state index contributed by atoms with van der Waals surface area (Å²) in [5.74, 6) is 1.70. The molecular weight excluding hydrogens is 357 g/mol. The number of hydrogen-bond acceptors (Lipinski definition) is 3. The van der Waals surface area contributed by atoms with Gasteiger partial charge in [-0.3, -0.25) is 0 Å². The largest absolute Gasteiger partial charge is 0.381 e. The maximum atomic E-state index is 6.11. The van der Waals surface area contributed by atoms with Crippen LogP contribution < -0.4 is 5.32 Å². The Morgan fingerprint density at radius 3 is 2.92 bits per heavy atom. The first kappa shape index (κ1) is 18.6. The molecule has 1 unspecified atom stereocenters. The van der Waals surface area contributed by atoms with Crippen LogP contribution in [0.1, 0.15) is 37.8 Å². The molecule has 0 spiro atoms. The molecule has 1 aromatic carbocycles. The Balaban J connectivity index is 1.52. The van der Waals surface area contributed by atoms with Gasteiger partial charge in [0.15, 0.2) is 0 Å². The van der Waals surface area contributed by atoms with Gasteiger partial charge in [-0.15, -0.1) is 0 Å². The lowest BCUT2D eigenvalue weighted by Gasteiger charge is -2.12. The molecule has 1 aliphatic heterocycles. The van der Waals surface area contributed by atoms with E-state index in [-0.39, 0.29) is 0 Å². The number of aryl methyl sites for hydroxylation is 1. The average Bonchev–Trinajstić information content (AvgIpc) is 2.80. The molecule has 1 aromatic heterocycles. The van der Waals surface area contributed by atoms with Crippen LogP contribution >= 0.6 is 23.2 Å². The number of halogens is 2. The van der Waals surface area contributed by atoms with Crippen molar-refractivity contribution in [1.82, 2.24) is 9.78 Å². The van der Waals surface area contributed by atoms with E-state index < -0.39 is 0 Å². The molecule has 0 amide bonds. The van der Waals surface area contributed by atoms with Gasteiger partial charge in [0, 0.05) is 31.5 Å². The molecule has 1 saturated heterocycles. The summed E-state index contributed by atoms with van der Waals surface area (Å²) in [6.45, 7) is 4.83. The van der Waals surface area contributed by atoms with Crippen LogP contribution in [0.25, 0.3) is 5.69 Å². The average molecular weight is 382 g/mol. The van der Waals surface area contributed by atoms with Crippen LogP contribution in [0.2, 0.25) is 10.0 Å². The van der Waals surface area contributed by atoms with Crippen LogP contribution in [0.15, 0.2) is 24.3 Å². The summed E-state index contributed by atoms with van der Waals surface area (Å²) < 4.78 is 7.41. The van der Waals surface area contributed by atoms with Crippen molar-refractivity contribution >= 4 is 29.0 Å². The SMILES string of the molecule is Cc1cc(NCCCC2CCCOCC2)nn1-c1ccc(Cl)c(Cl)c1. The standard InChI is InChI=1S/C19H25Cl2N3O/c1-14-12-19(22-9-2-4-15-5-3-10-25-11-8-15)23-24(14)16-6-7-17(20)18(21)13-16/h6-7,12-13,15H,2-5,8-11H2,1H3,(H,22,23). The highest BCUT2D eigenvalue weighted by Gasteiger charge is 2.12. The molecule has 0 radical (unpaired) electrons. The third-order valence-corrected chi connectivity index (χ3v) is 5.44. The fraction of sp³-hybridized carbons (Fsp3) is 0.526. The zero-order chi connectivity index (χ0) is 17.6. The van der Waals surface area contributed by atoms with E-state index in [2.05, 4.69) is 16.5 Å². The quantitative estimate of drug-likeness (QED) is 0.671. The van der Waals surface area contributed by atoms with E-state index in [1.54, 1.807) is 6.07 Å². The number of hydrogen-bond donors (Lipinski definition) is 1. The summed E-state index contributed by atoms with van der Waals surface area (Å²) in [6, 6.07) is 7.61. The van der Waals surface area contributed by atoms with Crippen molar-refractivity contribution in [3.05, 3.63) is 40.0 Å². The lowest BCUT2D eigenvalue weighted by atomic mass is 9.95. The number of nitrogens with one attached hydrogen (secondary N) is 1. The molecule has 1 N–H and O–H groups in total. The molecule has 0 bridgehead atoms. The predicted molar refractivity (Wildman–Crippen MR) is 104 cm³/mol. The number of ether oxygens (including phenoxy) is 1. The summed E-state index contributed by atoms with van der Waals surface area (Å²) in [7, 11) is 0. The molecule has 1 aliphatic rings. The van der Waals surface area contributed by atoms with E-state index in [0.717, 1.165) is 49.3 Å². The summed E-state index contributed by atoms with van der Waals surface area (Å²) in [6.07, 6.45) is 6.10. The zero-order valence-electron chi connectivity index (χ0n) is 14.6. The molecule has 4 nitrogen and oxygen atoms in total. The van der Waals surface area contributed by atoms with Crippen molar-refractivity contribution < 1.29 is 4.74 Å². The van der Waals surface area contributed by atoms with Gasteiger partial charge in [0.2, 0.25) is 0 Å². The summed E-state index contributed by atoms with van der Waals surface area (Å²) >= 11 is 12.1. The fourth-order valence-electron chi connectivity index (χ4n) is 3.31. The lowest BCUT2D eigenvalue weighted by molar-refractivity contribution is 0.141. The summed E-state index contributed by atoms with van der Waals surface area (Å²) in [5, 5.41) is 9.16. The zero-order valence-corrected chi connectivity index (χ0v) is 16.1. The van der Waals surface area contributed by atoms with Gasteiger partial charge in [-0.05, 0) is 63.1 Å². The molecule has 25 heavy (non-hydrogen) atoms. The molecule has 2 heterocycles. The van der Waals surface area contributed by atoms with Crippen LogP contribution in [-0.2, 0) is 4.74 Å². The van der Waals surface area contributed by atoms with Crippen LogP contribution in [-0.4, -0.2) is 29.5 Å². The van der Waals surface area contributed by atoms with E-state index in [9.17, 15) is 0 Å². The molecule has 0 saturated carbocycles. The van der Waals surface area contributed by atoms with E-state index >= 15 is 0 Å². The van der Waals surface area contributed by atoms with Gasteiger partial charge >= 0.3 is 0 Å². The van der Waals surface area contributed by atoms with Gasteiger partial charge in [0.1, 0.15) is 5.82 Å².